The van der Waals surface area contributed by atoms with Crippen LogP contribution in [0.15, 0.2) is 0 Å². The van der Waals surface area contributed by atoms with Gasteiger partial charge in [0.25, 0.3) is 0 Å². The van der Waals surface area contributed by atoms with Gasteiger partial charge in [0.1, 0.15) is 0 Å². The molecule has 0 fully saturated rings. The lowest BCUT2D eigenvalue weighted by Gasteiger charge is -2.26. The van der Waals surface area contributed by atoms with Gasteiger partial charge in [-0.2, -0.15) is 13.2 Å². The van der Waals surface area contributed by atoms with E-state index in [2.05, 4.69) is 13.8 Å². The molecule has 0 rings (SSSR count). The molecule has 0 aliphatic heterocycles. The molecule has 0 heterocycles. The number of rotatable bonds is 12. The lowest BCUT2D eigenvalue weighted by Crippen LogP contribution is -2.27. The first kappa shape index (κ1) is 19.8. The molecule has 0 aromatic carbocycles. The Morgan fingerprint density at radius 2 is 1.10 bits per heavy atom. The minimum absolute atomic E-state index is 0.173. The van der Waals surface area contributed by atoms with E-state index in [1.54, 1.807) is 0 Å². The highest BCUT2D eigenvalue weighted by Crippen LogP contribution is 2.37. The van der Waals surface area contributed by atoms with E-state index in [0.29, 0.717) is 0 Å². The van der Waals surface area contributed by atoms with Crippen LogP contribution in [0.3, 0.4) is 0 Å². The van der Waals surface area contributed by atoms with Crippen molar-refractivity contribution in [1.29, 1.82) is 0 Å². The third-order valence-electron chi connectivity index (χ3n) is 4.33. The molecule has 0 spiro atoms. The van der Waals surface area contributed by atoms with Gasteiger partial charge in [0.05, 0.1) is 5.92 Å². The number of unbranched alkanes of at least 4 members (excludes halogenated alkanes) is 7. The Labute approximate surface area is 123 Å². The zero-order valence-electron chi connectivity index (χ0n) is 13.6. The van der Waals surface area contributed by atoms with Crippen LogP contribution in [0.5, 0.6) is 0 Å². The van der Waals surface area contributed by atoms with Gasteiger partial charge in [0.2, 0.25) is 0 Å². The monoisotopic (exact) mass is 294 g/mol. The standard InChI is InChI=1S/C17H33F3/c1-4-6-8-10-12-14-16(13-11-9-7-5-2)15(3)17(18,19)20/h15-16H,4-14H2,1-3H3/t15-,16?/m0/s1. The molecule has 0 aromatic heterocycles. The number of hydrogen-bond acceptors (Lipinski definition) is 0. The normalized spacial score (nSPS) is 15.3. The van der Waals surface area contributed by atoms with E-state index in [-0.39, 0.29) is 5.92 Å². The molecule has 0 aliphatic rings. The predicted octanol–water partition coefficient (Wildman–Crippen LogP) is 7.13. The maximum absolute atomic E-state index is 12.9. The Morgan fingerprint density at radius 3 is 1.50 bits per heavy atom. The summed E-state index contributed by atoms with van der Waals surface area (Å²) in [6, 6.07) is 0. The highest BCUT2D eigenvalue weighted by atomic mass is 19.4. The second-order valence-corrected chi connectivity index (χ2v) is 6.14. The molecule has 0 nitrogen and oxygen atoms in total. The van der Waals surface area contributed by atoms with Crippen LogP contribution in [-0.2, 0) is 0 Å². The van der Waals surface area contributed by atoms with Gasteiger partial charge in [-0.05, 0) is 18.8 Å². The molecule has 2 atom stereocenters. The Balaban J connectivity index is 4.11. The van der Waals surface area contributed by atoms with Gasteiger partial charge >= 0.3 is 6.18 Å². The summed E-state index contributed by atoms with van der Waals surface area (Å²) in [6.45, 7) is 5.66. The average Bonchev–Trinajstić information content (AvgIpc) is 2.39. The zero-order chi connectivity index (χ0) is 15.4. The van der Waals surface area contributed by atoms with E-state index < -0.39 is 12.1 Å². The summed E-state index contributed by atoms with van der Waals surface area (Å²) in [4.78, 5) is 0. The topological polar surface area (TPSA) is 0 Å². The van der Waals surface area contributed by atoms with Gasteiger partial charge in [-0.3, -0.25) is 0 Å². The molecule has 0 bridgehead atoms. The van der Waals surface area contributed by atoms with Crippen LogP contribution in [0.25, 0.3) is 0 Å². The third-order valence-corrected chi connectivity index (χ3v) is 4.33. The van der Waals surface area contributed by atoms with Gasteiger partial charge in [0, 0.05) is 0 Å². The Bertz CT molecular complexity index is 211. The molecule has 1 unspecified atom stereocenters. The average molecular weight is 294 g/mol. The van der Waals surface area contributed by atoms with Crippen molar-refractivity contribution in [3.63, 3.8) is 0 Å². The molecule has 0 amide bonds. The van der Waals surface area contributed by atoms with Crippen molar-refractivity contribution in [2.24, 2.45) is 11.8 Å². The second kappa shape index (κ2) is 11.4. The molecule has 3 heteroatoms. The molecular formula is C17H33F3. The van der Waals surface area contributed by atoms with Crippen LogP contribution >= 0.6 is 0 Å². The summed E-state index contributed by atoms with van der Waals surface area (Å²) < 4.78 is 38.7. The molecule has 0 aromatic rings. The molecule has 0 N–H and O–H groups in total. The van der Waals surface area contributed by atoms with E-state index in [1.165, 1.54) is 26.2 Å². The predicted molar refractivity (Wildman–Crippen MR) is 80.8 cm³/mol. The number of alkyl halides is 3. The maximum atomic E-state index is 12.9. The van der Waals surface area contributed by atoms with Gasteiger partial charge in [-0.15, -0.1) is 0 Å². The van der Waals surface area contributed by atoms with Crippen molar-refractivity contribution >= 4 is 0 Å². The highest BCUT2D eigenvalue weighted by molar-refractivity contribution is 4.73. The van der Waals surface area contributed by atoms with Crippen LogP contribution in [0.2, 0.25) is 0 Å². The van der Waals surface area contributed by atoms with Crippen molar-refractivity contribution in [1.82, 2.24) is 0 Å². The maximum Gasteiger partial charge on any atom is 0.391 e. The smallest absolute Gasteiger partial charge is 0.171 e. The largest absolute Gasteiger partial charge is 0.391 e. The van der Waals surface area contributed by atoms with E-state index in [1.807, 2.05) is 0 Å². The van der Waals surface area contributed by atoms with Gasteiger partial charge in [0.15, 0.2) is 0 Å². The van der Waals surface area contributed by atoms with Crippen LogP contribution in [0, 0.1) is 11.8 Å². The third kappa shape index (κ3) is 9.66. The SMILES string of the molecule is CCCCCCCC(CCCCCC)[C@H](C)C(F)(F)F. The molecular weight excluding hydrogens is 261 g/mol. The summed E-state index contributed by atoms with van der Waals surface area (Å²) in [6.07, 6.45) is 7.36. The van der Waals surface area contributed by atoms with Gasteiger partial charge in [-0.1, -0.05) is 78.6 Å². The zero-order valence-corrected chi connectivity index (χ0v) is 13.6. The quantitative estimate of drug-likeness (QED) is 0.336. The van der Waals surface area contributed by atoms with E-state index in [0.717, 1.165) is 51.4 Å². The number of hydrogen-bond donors (Lipinski definition) is 0. The Hall–Kier alpha value is -0.210. The Morgan fingerprint density at radius 1 is 0.700 bits per heavy atom. The fraction of sp³-hybridized carbons (Fsp3) is 1.00. The van der Waals surface area contributed by atoms with Gasteiger partial charge < -0.3 is 0 Å². The molecule has 0 aliphatic carbocycles. The summed E-state index contributed by atoms with van der Waals surface area (Å²) in [5.74, 6) is -1.32. The van der Waals surface area contributed by atoms with Crippen LogP contribution < -0.4 is 0 Å². The first-order valence-electron chi connectivity index (χ1n) is 8.50. The summed E-state index contributed by atoms with van der Waals surface area (Å²) in [5, 5.41) is 0. The van der Waals surface area contributed by atoms with Crippen LogP contribution in [0.1, 0.15) is 91.4 Å². The van der Waals surface area contributed by atoms with Gasteiger partial charge in [-0.25, -0.2) is 0 Å². The molecule has 20 heavy (non-hydrogen) atoms. The molecule has 0 saturated heterocycles. The van der Waals surface area contributed by atoms with E-state index in [4.69, 9.17) is 0 Å². The van der Waals surface area contributed by atoms with Crippen molar-refractivity contribution in [2.45, 2.75) is 97.6 Å². The summed E-state index contributed by atoms with van der Waals surface area (Å²) >= 11 is 0. The minimum atomic E-state index is -4.03. The van der Waals surface area contributed by atoms with Crippen molar-refractivity contribution < 1.29 is 13.2 Å². The second-order valence-electron chi connectivity index (χ2n) is 6.14. The highest BCUT2D eigenvalue weighted by Gasteiger charge is 2.40. The fourth-order valence-electron chi connectivity index (χ4n) is 2.75. The number of halogens is 3. The summed E-state index contributed by atoms with van der Waals surface area (Å²) in [7, 11) is 0. The first-order valence-corrected chi connectivity index (χ1v) is 8.50. The lowest BCUT2D eigenvalue weighted by atomic mass is 9.84. The van der Waals surface area contributed by atoms with Crippen molar-refractivity contribution in [3.8, 4) is 0 Å². The molecule has 0 saturated carbocycles. The van der Waals surface area contributed by atoms with E-state index >= 15 is 0 Å². The Kier molecular flexibility index (Phi) is 11.3. The molecule has 0 radical (unpaired) electrons. The van der Waals surface area contributed by atoms with Crippen molar-refractivity contribution in [3.05, 3.63) is 0 Å². The van der Waals surface area contributed by atoms with Crippen LogP contribution in [-0.4, -0.2) is 6.18 Å². The van der Waals surface area contributed by atoms with E-state index in [9.17, 15) is 13.2 Å². The van der Waals surface area contributed by atoms with Crippen LogP contribution in [0.4, 0.5) is 13.2 Å². The lowest BCUT2D eigenvalue weighted by molar-refractivity contribution is -0.185. The minimum Gasteiger partial charge on any atom is -0.171 e. The van der Waals surface area contributed by atoms with Crippen molar-refractivity contribution in [2.75, 3.05) is 0 Å². The fourth-order valence-corrected chi connectivity index (χ4v) is 2.75. The summed E-state index contributed by atoms with van der Waals surface area (Å²) in [5.41, 5.74) is 0. The first-order chi connectivity index (χ1) is 9.43. The molecule has 122 valence electrons.